The monoisotopic (exact) mass is 242 g/mol. The largest absolute Gasteiger partial charge is 0.493 e. The van der Waals surface area contributed by atoms with Gasteiger partial charge < -0.3 is 20.5 Å². The Bertz CT molecular complexity index is 360. The third-order valence-corrected chi connectivity index (χ3v) is 2.69. The van der Waals surface area contributed by atoms with E-state index >= 15 is 0 Å². The molecule has 0 saturated heterocycles. The molecule has 0 spiro atoms. The summed E-state index contributed by atoms with van der Waals surface area (Å²) in [5.74, 6) is 0.569. The summed E-state index contributed by atoms with van der Waals surface area (Å²) in [4.78, 5) is 2.05. The van der Waals surface area contributed by atoms with Gasteiger partial charge in [-0.15, -0.1) is 0 Å². The summed E-state index contributed by atoms with van der Waals surface area (Å²) in [6.07, 6.45) is 1.61. The van der Waals surface area contributed by atoms with Crippen molar-refractivity contribution in [3.8, 4) is 5.75 Å². The Hall–Kier alpha value is -1.11. The molecule has 17 heavy (non-hydrogen) atoms. The second-order valence-electron chi connectivity index (χ2n) is 4.57. The molecule has 98 valence electrons. The number of hydrogen-bond acceptors (Lipinski definition) is 5. The number of hydrogen-bond donors (Lipinski definition) is 2. The van der Waals surface area contributed by atoms with Crippen LogP contribution in [-0.2, 0) is 12.1 Å². The first-order valence-corrected chi connectivity index (χ1v) is 5.60. The van der Waals surface area contributed by atoms with Crippen LogP contribution in [0, 0.1) is 0 Å². The van der Waals surface area contributed by atoms with Crippen molar-refractivity contribution in [2.75, 3.05) is 34.3 Å². The van der Waals surface area contributed by atoms with Crippen LogP contribution in [0.2, 0.25) is 0 Å². The average Bonchev–Trinajstić information content (AvgIpc) is 2.69. The van der Waals surface area contributed by atoms with Crippen molar-refractivity contribution in [3.05, 3.63) is 11.9 Å². The van der Waals surface area contributed by atoms with Gasteiger partial charge in [-0.2, -0.15) is 5.10 Å². The van der Waals surface area contributed by atoms with E-state index in [2.05, 4.69) is 10.00 Å². The summed E-state index contributed by atoms with van der Waals surface area (Å²) in [7, 11) is 5.53. The Kier molecular flexibility index (Phi) is 4.50. The highest BCUT2D eigenvalue weighted by molar-refractivity contribution is 5.30. The first-order valence-electron chi connectivity index (χ1n) is 5.60. The predicted octanol–water partition coefficient (Wildman–Crippen LogP) is -0.380. The maximum atomic E-state index is 10.3. The van der Waals surface area contributed by atoms with Crippen LogP contribution in [0.3, 0.4) is 0 Å². The molecule has 1 aromatic rings. The number of rotatable bonds is 6. The normalized spacial score (nSPS) is 15.0. The zero-order valence-corrected chi connectivity index (χ0v) is 11.0. The van der Waals surface area contributed by atoms with Crippen LogP contribution in [0.15, 0.2) is 6.20 Å². The van der Waals surface area contributed by atoms with Gasteiger partial charge in [0.25, 0.3) is 0 Å². The van der Waals surface area contributed by atoms with Crippen LogP contribution in [0.25, 0.3) is 0 Å². The SMILES string of the molecule is COc1cnn(CCN(C)C)c1C(C)(O)CN. The fourth-order valence-corrected chi connectivity index (χ4v) is 1.62. The van der Waals surface area contributed by atoms with Crippen molar-refractivity contribution in [2.45, 2.75) is 19.1 Å². The average molecular weight is 242 g/mol. The minimum absolute atomic E-state index is 0.122. The van der Waals surface area contributed by atoms with Crippen LogP contribution in [-0.4, -0.2) is 54.1 Å². The molecule has 0 aliphatic heterocycles. The van der Waals surface area contributed by atoms with Gasteiger partial charge in [-0.05, 0) is 21.0 Å². The zero-order chi connectivity index (χ0) is 13.1. The van der Waals surface area contributed by atoms with Crippen LogP contribution in [0.4, 0.5) is 0 Å². The summed E-state index contributed by atoms with van der Waals surface area (Å²) in [5, 5.41) is 14.5. The molecular weight excluding hydrogens is 220 g/mol. The van der Waals surface area contributed by atoms with Crippen LogP contribution < -0.4 is 10.5 Å². The lowest BCUT2D eigenvalue weighted by Gasteiger charge is -2.24. The fraction of sp³-hybridized carbons (Fsp3) is 0.727. The Morgan fingerprint density at radius 2 is 2.24 bits per heavy atom. The molecule has 0 amide bonds. The zero-order valence-electron chi connectivity index (χ0n) is 11.0. The van der Waals surface area contributed by atoms with Gasteiger partial charge in [-0.3, -0.25) is 4.68 Å². The highest BCUT2D eigenvalue weighted by Crippen LogP contribution is 2.28. The molecule has 0 fully saturated rings. The molecule has 1 heterocycles. The summed E-state index contributed by atoms with van der Waals surface area (Å²) in [5.41, 5.74) is 5.09. The Labute approximate surface area is 102 Å². The number of nitrogens with two attached hydrogens (primary N) is 1. The molecule has 6 heteroatoms. The van der Waals surface area contributed by atoms with E-state index in [1.165, 1.54) is 0 Å². The van der Waals surface area contributed by atoms with E-state index in [0.29, 0.717) is 18.0 Å². The van der Waals surface area contributed by atoms with E-state index in [9.17, 15) is 5.11 Å². The van der Waals surface area contributed by atoms with Crippen molar-refractivity contribution in [1.29, 1.82) is 0 Å². The summed E-state index contributed by atoms with van der Waals surface area (Å²) < 4.78 is 6.95. The first-order chi connectivity index (χ1) is 7.92. The molecule has 0 aromatic carbocycles. The van der Waals surface area contributed by atoms with Gasteiger partial charge in [0.05, 0.1) is 19.9 Å². The summed E-state index contributed by atoms with van der Waals surface area (Å²) >= 11 is 0. The van der Waals surface area contributed by atoms with Gasteiger partial charge in [0.1, 0.15) is 11.3 Å². The highest BCUT2D eigenvalue weighted by atomic mass is 16.5. The van der Waals surface area contributed by atoms with Gasteiger partial charge in [0, 0.05) is 13.1 Å². The van der Waals surface area contributed by atoms with Gasteiger partial charge >= 0.3 is 0 Å². The number of ether oxygens (including phenoxy) is 1. The van der Waals surface area contributed by atoms with E-state index in [-0.39, 0.29) is 6.54 Å². The standard InChI is InChI=1S/C11H22N4O2/c1-11(16,8-12)10-9(17-4)7-13-15(10)6-5-14(2)3/h7,16H,5-6,8,12H2,1-4H3. The third kappa shape index (κ3) is 3.18. The van der Waals surface area contributed by atoms with Crippen LogP contribution in [0.1, 0.15) is 12.6 Å². The molecule has 6 nitrogen and oxygen atoms in total. The number of aliphatic hydroxyl groups is 1. The summed E-state index contributed by atoms with van der Waals surface area (Å²) in [6, 6.07) is 0. The van der Waals surface area contributed by atoms with Gasteiger partial charge in [-0.25, -0.2) is 0 Å². The fourth-order valence-electron chi connectivity index (χ4n) is 1.62. The lowest BCUT2D eigenvalue weighted by molar-refractivity contribution is 0.0537. The highest BCUT2D eigenvalue weighted by Gasteiger charge is 2.30. The first kappa shape index (κ1) is 14.0. The Balaban J connectivity index is 3.02. The third-order valence-electron chi connectivity index (χ3n) is 2.69. The quantitative estimate of drug-likeness (QED) is 0.711. The number of likely N-dealkylation sites (N-methyl/N-ethyl adjacent to an activating group) is 1. The predicted molar refractivity (Wildman–Crippen MR) is 66.0 cm³/mol. The van der Waals surface area contributed by atoms with Crippen LogP contribution >= 0.6 is 0 Å². The van der Waals surface area contributed by atoms with Gasteiger partial charge in [0.15, 0.2) is 5.75 Å². The molecule has 0 saturated carbocycles. The maximum absolute atomic E-state index is 10.3. The molecule has 1 atom stereocenters. The smallest absolute Gasteiger partial charge is 0.162 e. The number of methoxy groups -OCH3 is 1. The van der Waals surface area contributed by atoms with Crippen molar-refractivity contribution in [1.82, 2.24) is 14.7 Å². The van der Waals surface area contributed by atoms with Crippen molar-refractivity contribution in [3.63, 3.8) is 0 Å². The van der Waals surface area contributed by atoms with E-state index in [0.717, 1.165) is 6.54 Å². The van der Waals surface area contributed by atoms with E-state index < -0.39 is 5.60 Å². The van der Waals surface area contributed by atoms with Crippen molar-refractivity contribution in [2.24, 2.45) is 5.73 Å². The Morgan fingerprint density at radius 3 is 2.71 bits per heavy atom. The number of aromatic nitrogens is 2. The second kappa shape index (κ2) is 5.48. The minimum atomic E-state index is -1.13. The number of nitrogens with zero attached hydrogens (tertiary/aromatic N) is 3. The molecule has 0 aliphatic rings. The molecule has 0 radical (unpaired) electrons. The topological polar surface area (TPSA) is 76.5 Å². The Morgan fingerprint density at radius 1 is 1.59 bits per heavy atom. The van der Waals surface area contributed by atoms with Crippen molar-refractivity contribution < 1.29 is 9.84 Å². The lowest BCUT2D eigenvalue weighted by Crippen LogP contribution is -2.35. The summed E-state index contributed by atoms with van der Waals surface area (Å²) in [6.45, 7) is 3.30. The molecule has 1 unspecified atom stereocenters. The maximum Gasteiger partial charge on any atom is 0.162 e. The van der Waals surface area contributed by atoms with E-state index in [1.807, 2.05) is 14.1 Å². The van der Waals surface area contributed by atoms with Gasteiger partial charge in [-0.1, -0.05) is 0 Å². The van der Waals surface area contributed by atoms with Gasteiger partial charge in [0.2, 0.25) is 0 Å². The van der Waals surface area contributed by atoms with Crippen molar-refractivity contribution >= 4 is 0 Å². The lowest BCUT2D eigenvalue weighted by atomic mass is 10.0. The van der Waals surface area contributed by atoms with E-state index in [1.54, 1.807) is 24.9 Å². The molecule has 3 N–H and O–H groups in total. The van der Waals surface area contributed by atoms with Crippen LogP contribution in [0.5, 0.6) is 5.75 Å². The molecule has 1 rings (SSSR count). The minimum Gasteiger partial charge on any atom is -0.493 e. The molecule has 0 aliphatic carbocycles. The molecule has 1 aromatic heterocycles. The molecular formula is C11H22N4O2. The van der Waals surface area contributed by atoms with E-state index in [4.69, 9.17) is 10.5 Å². The molecule has 0 bridgehead atoms. The second-order valence-corrected chi connectivity index (χ2v) is 4.57.